The van der Waals surface area contributed by atoms with Crippen molar-refractivity contribution in [2.45, 2.75) is 44.4 Å². The number of nitrogens with zero attached hydrogens (tertiary/aromatic N) is 1. The fraction of sp³-hybridized carbons (Fsp3) is 0.350. The number of benzene rings is 1. The van der Waals surface area contributed by atoms with Gasteiger partial charge in [-0.15, -0.1) is 0 Å². The number of hydrogen-bond donors (Lipinski definition) is 3. The van der Waals surface area contributed by atoms with Crippen molar-refractivity contribution in [3.05, 3.63) is 65.5 Å². The molecule has 0 radical (unpaired) electrons. The number of nitrogens with one attached hydrogen (secondary N) is 2. The van der Waals surface area contributed by atoms with Crippen molar-refractivity contribution in [2.75, 3.05) is 0 Å². The number of carbonyl (C=O) groups is 2. The molecule has 26 heavy (non-hydrogen) atoms. The Kier molecular flexibility index (Phi) is 5.63. The molecular weight excluding hydrogens is 330 g/mol. The Balaban J connectivity index is 1.63. The first kappa shape index (κ1) is 18.1. The number of pyridine rings is 1. The normalized spacial score (nSPS) is 15.9. The van der Waals surface area contributed by atoms with Crippen LogP contribution in [0, 0.1) is 0 Å². The maximum atomic E-state index is 12.5. The van der Waals surface area contributed by atoms with Gasteiger partial charge in [-0.1, -0.05) is 18.6 Å². The first-order valence-electron chi connectivity index (χ1n) is 8.88. The summed E-state index contributed by atoms with van der Waals surface area (Å²) in [6.45, 7) is 0.364. The molecule has 2 aromatic rings. The van der Waals surface area contributed by atoms with Crippen molar-refractivity contribution in [1.82, 2.24) is 15.6 Å². The van der Waals surface area contributed by atoms with E-state index in [0.717, 1.165) is 24.8 Å². The van der Waals surface area contributed by atoms with Crippen LogP contribution in [0.3, 0.4) is 0 Å². The number of aromatic nitrogens is 1. The van der Waals surface area contributed by atoms with Crippen molar-refractivity contribution >= 4 is 11.8 Å². The Hall–Kier alpha value is -2.73. The Bertz CT molecular complexity index is 771. The van der Waals surface area contributed by atoms with Crippen molar-refractivity contribution in [2.24, 2.45) is 0 Å². The lowest BCUT2D eigenvalue weighted by Gasteiger charge is -2.32. The van der Waals surface area contributed by atoms with E-state index in [4.69, 9.17) is 0 Å². The summed E-state index contributed by atoms with van der Waals surface area (Å²) in [5.74, 6) is -0.629. The van der Waals surface area contributed by atoms with Gasteiger partial charge < -0.3 is 15.7 Å². The van der Waals surface area contributed by atoms with Gasteiger partial charge in [0.15, 0.2) is 0 Å². The molecule has 1 fully saturated rings. The summed E-state index contributed by atoms with van der Waals surface area (Å²) in [7, 11) is 0. The van der Waals surface area contributed by atoms with Gasteiger partial charge in [0.05, 0.1) is 0 Å². The van der Waals surface area contributed by atoms with Crippen LogP contribution in [0.2, 0.25) is 0 Å². The van der Waals surface area contributed by atoms with Gasteiger partial charge >= 0.3 is 0 Å². The predicted molar refractivity (Wildman–Crippen MR) is 97.4 cm³/mol. The van der Waals surface area contributed by atoms with E-state index in [-0.39, 0.29) is 11.8 Å². The number of carbonyl (C=O) groups excluding carboxylic acids is 2. The summed E-state index contributed by atoms with van der Waals surface area (Å²) in [4.78, 5) is 28.8. The average molecular weight is 353 g/mol. The number of aliphatic hydroxyl groups is 1. The highest BCUT2D eigenvalue weighted by molar-refractivity contribution is 5.99. The minimum absolute atomic E-state index is 0.264. The molecule has 1 heterocycles. The van der Waals surface area contributed by atoms with Crippen LogP contribution in [0.5, 0.6) is 0 Å². The highest BCUT2D eigenvalue weighted by Crippen LogP contribution is 2.26. The molecular formula is C20H23N3O3. The van der Waals surface area contributed by atoms with Crippen LogP contribution >= 0.6 is 0 Å². The van der Waals surface area contributed by atoms with E-state index in [0.29, 0.717) is 30.5 Å². The summed E-state index contributed by atoms with van der Waals surface area (Å²) in [6.07, 6.45) is 7.35. The minimum atomic E-state index is -1.14. The summed E-state index contributed by atoms with van der Waals surface area (Å²) >= 11 is 0. The molecule has 0 unspecified atom stereocenters. The SMILES string of the molecule is O=C(NCc1cccnc1)c1cccc(C(=O)NC2(O)CCCCC2)c1. The monoisotopic (exact) mass is 353 g/mol. The lowest BCUT2D eigenvalue weighted by molar-refractivity contribution is -0.0219. The molecule has 1 aromatic carbocycles. The Morgan fingerprint density at radius 2 is 1.77 bits per heavy atom. The molecule has 6 nitrogen and oxygen atoms in total. The van der Waals surface area contributed by atoms with Crippen LogP contribution in [0.25, 0.3) is 0 Å². The van der Waals surface area contributed by atoms with Crippen LogP contribution in [-0.4, -0.2) is 27.6 Å². The van der Waals surface area contributed by atoms with E-state index in [9.17, 15) is 14.7 Å². The van der Waals surface area contributed by atoms with Crippen molar-refractivity contribution in [3.8, 4) is 0 Å². The molecule has 1 aliphatic rings. The topological polar surface area (TPSA) is 91.3 Å². The van der Waals surface area contributed by atoms with Gasteiger partial charge in [-0.25, -0.2) is 0 Å². The van der Waals surface area contributed by atoms with Crippen LogP contribution in [0.4, 0.5) is 0 Å². The third kappa shape index (κ3) is 4.67. The molecule has 0 saturated heterocycles. The molecule has 136 valence electrons. The van der Waals surface area contributed by atoms with Crippen molar-refractivity contribution in [3.63, 3.8) is 0 Å². The zero-order valence-electron chi connectivity index (χ0n) is 14.6. The van der Waals surface area contributed by atoms with E-state index in [1.807, 2.05) is 12.1 Å². The maximum absolute atomic E-state index is 12.5. The standard InChI is InChI=1S/C20H23N3O3/c24-18(22-14-15-6-5-11-21-13-15)16-7-4-8-17(12-16)19(25)23-20(26)9-2-1-3-10-20/h4-8,11-13,26H,1-3,9-10,14H2,(H,22,24)(H,23,25). The van der Waals surface area contributed by atoms with Gasteiger partial charge in [0, 0.05) is 30.1 Å². The molecule has 6 heteroatoms. The molecule has 1 aromatic heterocycles. The third-order valence-corrected chi connectivity index (χ3v) is 4.59. The average Bonchev–Trinajstić information content (AvgIpc) is 2.67. The molecule has 3 N–H and O–H groups in total. The van der Waals surface area contributed by atoms with Gasteiger partial charge in [-0.2, -0.15) is 0 Å². The first-order valence-corrected chi connectivity index (χ1v) is 8.88. The molecule has 0 aliphatic heterocycles. The minimum Gasteiger partial charge on any atom is -0.371 e. The van der Waals surface area contributed by atoms with E-state index in [1.165, 1.54) is 0 Å². The number of rotatable bonds is 5. The summed E-state index contributed by atoms with van der Waals surface area (Å²) in [5, 5.41) is 16.0. The molecule has 0 atom stereocenters. The fourth-order valence-corrected chi connectivity index (χ4v) is 3.13. The van der Waals surface area contributed by atoms with Gasteiger partial charge in [0.1, 0.15) is 5.72 Å². The number of amides is 2. The van der Waals surface area contributed by atoms with E-state index in [2.05, 4.69) is 15.6 Å². The second-order valence-electron chi connectivity index (χ2n) is 6.67. The Morgan fingerprint density at radius 3 is 2.46 bits per heavy atom. The third-order valence-electron chi connectivity index (χ3n) is 4.59. The lowest BCUT2D eigenvalue weighted by atomic mass is 9.91. The molecule has 3 rings (SSSR count). The van der Waals surface area contributed by atoms with Crippen molar-refractivity contribution in [1.29, 1.82) is 0 Å². The summed E-state index contributed by atoms with van der Waals surface area (Å²) in [6, 6.07) is 10.2. The Morgan fingerprint density at radius 1 is 1.04 bits per heavy atom. The molecule has 2 amide bonds. The van der Waals surface area contributed by atoms with E-state index >= 15 is 0 Å². The largest absolute Gasteiger partial charge is 0.371 e. The highest BCUT2D eigenvalue weighted by atomic mass is 16.3. The van der Waals surface area contributed by atoms with E-state index in [1.54, 1.807) is 36.7 Å². The number of hydrogen-bond acceptors (Lipinski definition) is 4. The molecule has 1 saturated carbocycles. The van der Waals surface area contributed by atoms with Crippen LogP contribution in [-0.2, 0) is 6.54 Å². The molecule has 0 bridgehead atoms. The zero-order chi connectivity index (χ0) is 18.4. The summed E-state index contributed by atoms with van der Waals surface area (Å²) in [5.41, 5.74) is 0.512. The second kappa shape index (κ2) is 8.10. The maximum Gasteiger partial charge on any atom is 0.253 e. The van der Waals surface area contributed by atoms with E-state index < -0.39 is 5.72 Å². The first-order chi connectivity index (χ1) is 12.6. The van der Waals surface area contributed by atoms with Crippen LogP contribution in [0.1, 0.15) is 58.4 Å². The predicted octanol–water partition coefficient (Wildman–Crippen LogP) is 2.39. The summed E-state index contributed by atoms with van der Waals surface area (Å²) < 4.78 is 0. The fourth-order valence-electron chi connectivity index (χ4n) is 3.13. The van der Waals surface area contributed by atoms with Gasteiger partial charge in [-0.3, -0.25) is 14.6 Å². The highest BCUT2D eigenvalue weighted by Gasteiger charge is 2.31. The second-order valence-corrected chi connectivity index (χ2v) is 6.67. The van der Waals surface area contributed by atoms with Gasteiger partial charge in [0.25, 0.3) is 11.8 Å². The quantitative estimate of drug-likeness (QED) is 0.720. The van der Waals surface area contributed by atoms with Crippen molar-refractivity contribution < 1.29 is 14.7 Å². The lowest BCUT2D eigenvalue weighted by Crippen LogP contribution is -2.49. The smallest absolute Gasteiger partial charge is 0.253 e. The van der Waals surface area contributed by atoms with Crippen LogP contribution in [0.15, 0.2) is 48.8 Å². The van der Waals surface area contributed by atoms with Gasteiger partial charge in [-0.05, 0) is 55.5 Å². The Labute approximate surface area is 152 Å². The van der Waals surface area contributed by atoms with Crippen LogP contribution < -0.4 is 10.6 Å². The van der Waals surface area contributed by atoms with Gasteiger partial charge in [0.2, 0.25) is 0 Å². The zero-order valence-corrected chi connectivity index (χ0v) is 14.6. The molecule has 0 spiro atoms. The molecule has 1 aliphatic carbocycles.